The van der Waals surface area contributed by atoms with Crippen LogP contribution >= 0.6 is 0 Å². The topological polar surface area (TPSA) is 29.5 Å². The molecule has 2 aromatic carbocycles. The van der Waals surface area contributed by atoms with E-state index < -0.39 is 0 Å². The Kier molecular flexibility index (Phi) is 4.03. The molecule has 1 aliphatic rings. The molecule has 1 atom stereocenters. The number of aromatic hydroxyl groups is 1. The Labute approximate surface area is 120 Å². The fourth-order valence-corrected chi connectivity index (χ4v) is 2.87. The monoisotopic (exact) mass is 268 g/mol. The van der Waals surface area contributed by atoms with E-state index in [0.29, 0.717) is 5.75 Å². The molecule has 3 rings (SSSR count). The molecule has 0 aliphatic carbocycles. The zero-order valence-electron chi connectivity index (χ0n) is 11.6. The number of hydrogen-bond donors (Lipinski definition) is 1. The Bertz CT molecular complexity index is 557. The normalized spacial score (nSPS) is 18.9. The highest BCUT2D eigenvalue weighted by Gasteiger charge is 2.20. The Morgan fingerprint density at radius 3 is 2.60 bits per heavy atom. The lowest BCUT2D eigenvalue weighted by Gasteiger charge is -2.25. The summed E-state index contributed by atoms with van der Waals surface area (Å²) in [5.41, 5.74) is 3.37. The molecule has 2 nitrogen and oxygen atoms in total. The number of ether oxygens (including phenoxy) is 1. The van der Waals surface area contributed by atoms with Gasteiger partial charge in [0, 0.05) is 18.6 Å². The van der Waals surface area contributed by atoms with Gasteiger partial charge in [-0.05, 0) is 36.5 Å². The molecule has 2 aromatic rings. The second-order valence-corrected chi connectivity index (χ2v) is 5.36. The minimum absolute atomic E-state index is 0.134. The van der Waals surface area contributed by atoms with E-state index in [0.717, 1.165) is 37.0 Å². The van der Waals surface area contributed by atoms with Crippen molar-refractivity contribution in [3.63, 3.8) is 0 Å². The first-order valence-corrected chi connectivity index (χ1v) is 7.31. The standard InChI is InChI=1S/C18H20O2/c19-17-10-6-9-15(18-11-4-5-12-20-18)16(17)13-14-7-2-1-3-8-14/h1-3,6-10,18-19H,4-5,11-13H2. The van der Waals surface area contributed by atoms with Crippen molar-refractivity contribution in [2.24, 2.45) is 0 Å². The molecule has 0 radical (unpaired) electrons. The first-order chi connectivity index (χ1) is 9.84. The molecule has 1 fully saturated rings. The van der Waals surface area contributed by atoms with E-state index in [1.807, 2.05) is 24.3 Å². The summed E-state index contributed by atoms with van der Waals surface area (Å²) in [6.45, 7) is 0.825. The molecule has 1 unspecified atom stereocenters. The zero-order valence-corrected chi connectivity index (χ0v) is 11.6. The molecular weight excluding hydrogens is 248 g/mol. The predicted octanol–water partition coefficient (Wildman–Crippen LogP) is 4.22. The van der Waals surface area contributed by atoms with Crippen molar-refractivity contribution in [2.45, 2.75) is 31.8 Å². The van der Waals surface area contributed by atoms with Crippen LogP contribution in [0.1, 0.15) is 42.1 Å². The van der Waals surface area contributed by atoms with E-state index >= 15 is 0 Å². The van der Waals surface area contributed by atoms with Gasteiger partial charge in [0.15, 0.2) is 0 Å². The Hall–Kier alpha value is -1.80. The average Bonchev–Trinajstić information content (AvgIpc) is 2.51. The van der Waals surface area contributed by atoms with Crippen LogP contribution in [0.2, 0.25) is 0 Å². The zero-order chi connectivity index (χ0) is 13.8. The fourth-order valence-electron chi connectivity index (χ4n) is 2.87. The van der Waals surface area contributed by atoms with Crippen molar-refractivity contribution in [3.05, 3.63) is 65.2 Å². The molecule has 20 heavy (non-hydrogen) atoms. The maximum Gasteiger partial charge on any atom is 0.119 e. The van der Waals surface area contributed by atoms with Crippen LogP contribution in [0.4, 0.5) is 0 Å². The van der Waals surface area contributed by atoms with Crippen molar-refractivity contribution in [1.82, 2.24) is 0 Å². The van der Waals surface area contributed by atoms with Gasteiger partial charge in [-0.1, -0.05) is 42.5 Å². The molecule has 0 bridgehead atoms. The van der Waals surface area contributed by atoms with Gasteiger partial charge >= 0.3 is 0 Å². The van der Waals surface area contributed by atoms with Gasteiger partial charge in [0.05, 0.1) is 6.10 Å². The van der Waals surface area contributed by atoms with Gasteiger partial charge in [-0.25, -0.2) is 0 Å². The van der Waals surface area contributed by atoms with Gasteiger partial charge in [0.1, 0.15) is 5.75 Å². The van der Waals surface area contributed by atoms with E-state index in [1.165, 1.54) is 12.0 Å². The molecule has 1 N–H and O–H groups in total. The molecule has 0 spiro atoms. The molecule has 2 heteroatoms. The van der Waals surface area contributed by atoms with E-state index in [9.17, 15) is 5.11 Å². The summed E-state index contributed by atoms with van der Waals surface area (Å²) in [6.07, 6.45) is 4.28. The predicted molar refractivity (Wildman–Crippen MR) is 79.9 cm³/mol. The first-order valence-electron chi connectivity index (χ1n) is 7.31. The van der Waals surface area contributed by atoms with Crippen molar-refractivity contribution in [1.29, 1.82) is 0 Å². The van der Waals surface area contributed by atoms with Crippen LogP contribution < -0.4 is 0 Å². The van der Waals surface area contributed by atoms with Crippen LogP contribution in [0.15, 0.2) is 48.5 Å². The molecule has 1 heterocycles. The quantitative estimate of drug-likeness (QED) is 0.903. The third-order valence-electron chi connectivity index (χ3n) is 3.94. The largest absolute Gasteiger partial charge is 0.508 e. The van der Waals surface area contributed by atoms with Crippen molar-refractivity contribution in [3.8, 4) is 5.75 Å². The summed E-state index contributed by atoms with van der Waals surface area (Å²) < 4.78 is 5.89. The first kappa shape index (κ1) is 13.2. The van der Waals surface area contributed by atoms with Crippen LogP contribution in [0.5, 0.6) is 5.75 Å². The lowest BCUT2D eigenvalue weighted by atomic mass is 9.92. The second kappa shape index (κ2) is 6.10. The highest BCUT2D eigenvalue weighted by molar-refractivity contribution is 5.43. The molecule has 0 aromatic heterocycles. The number of hydrogen-bond acceptors (Lipinski definition) is 2. The van der Waals surface area contributed by atoms with E-state index in [4.69, 9.17) is 4.74 Å². The highest BCUT2D eigenvalue weighted by Crippen LogP contribution is 2.34. The van der Waals surface area contributed by atoms with E-state index in [1.54, 1.807) is 6.07 Å². The SMILES string of the molecule is Oc1cccc(C2CCCCO2)c1Cc1ccccc1. The van der Waals surface area contributed by atoms with Crippen LogP contribution in [0.3, 0.4) is 0 Å². The fraction of sp³-hybridized carbons (Fsp3) is 0.333. The summed E-state index contributed by atoms with van der Waals surface area (Å²) >= 11 is 0. The highest BCUT2D eigenvalue weighted by atomic mass is 16.5. The maximum absolute atomic E-state index is 10.2. The maximum atomic E-state index is 10.2. The average molecular weight is 268 g/mol. The number of phenolic OH excluding ortho intramolecular Hbond substituents is 1. The third kappa shape index (κ3) is 2.86. The summed E-state index contributed by atoms with van der Waals surface area (Å²) in [7, 11) is 0. The minimum atomic E-state index is 0.134. The molecule has 0 saturated carbocycles. The summed E-state index contributed by atoms with van der Waals surface area (Å²) in [5, 5.41) is 10.2. The molecule has 104 valence electrons. The summed E-state index contributed by atoms with van der Waals surface area (Å²) in [4.78, 5) is 0. The summed E-state index contributed by atoms with van der Waals surface area (Å²) in [5.74, 6) is 0.375. The van der Waals surface area contributed by atoms with E-state index in [2.05, 4.69) is 18.2 Å². The third-order valence-corrected chi connectivity index (χ3v) is 3.94. The van der Waals surface area contributed by atoms with Crippen molar-refractivity contribution >= 4 is 0 Å². The number of rotatable bonds is 3. The number of phenols is 1. The summed E-state index contributed by atoms with van der Waals surface area (Å²) in [6, 6.07) is 16.0. The van der Waals surface area contributed by atoms with Gasteiger partial charge < -0.3 is 9.84 Å². The Balaban J connectivity index is 1.92. The lowest BCUT2D eigenvalue weighted by Crippen LogP contribution is -2.13. The van der Waals surface area contributed by atoms with Gasteiger partial charge in [-0.15, -0.1) is 0 Å². The van der Waals surface area contributed by atoms with Crippen LogP contribution in [-0.2, 0) is 11.2 Å². The smallest absolute Gasteiger partial charge is 0.119 e. The molecule has 1 aliphatic heterocycles. The van der Waals surface area contributed by atoms with Crippen LogP contribution in [0, 0.1) is 0 Å². The van der Waals surface area contributed by atoms with Crippen LogP contribution in [0.25, 0.3) is 0 Å². The van der Waals surface area contributed by atoms with Crippen molar-refractivity contribution < 1.29 is 9.84 Å². The van der Waals surface area contributed by atoms with Gasteiger partial charge in [-0.3, -0.25) is 0 Å². The van der Waals surface area contributed by atoms with Gasteiger partial charge in [0.2, 0.25) is 0 Å². The second-order valence-electron chi connectivity index (χ2n) is 5.36. The lowest BCUT2D eigenvalue weighted by molar-refractivity contribution is 0.0143. The Morgan fingerprint density at radius 2 is 1.85 bits per heavy atom. The Morgan fingerprint density at radius 1 is 1.00 bits per heavy atom. The number of benzene rings is 2. The van der Waals surface area contributed by atoms with Crippen LogP contribution in [-0.4, -0.2) is 11.7 Å². The molecular formula is C18H20O2. The molecule has 1 saturated heterocycles. The van der Waals surface area contributed by atoms with E-state index in [-0.39, 0.29) is 6.10 Å². The van der Waals surface area contributed by atoms with Gasteiger partial charge in [0.25, 0.3) is 0 Å². The minimum Gasteiger partial charge on any atom is -0.508 e. The van der Waals surface area contributed by atoms with Crippen molar-refractivity contribution in [2.75, 3.05) is 6.61 Å². The molecule has 0 amide bonds. The van der Waals surface area contributed by atoms with Gasteiger partial charge in [-0.2, -0.15) is 0 Å².